The molecule has 1 amide bonds. The number of furan rings is 1. The predicted molar refractivity (Wildman–Crippen MR) is 89.9 cm³/mol. The van der Waals surface area contributed by atoms with Crippen LogP contribution in [0, 0.1) is 11.6 Å². The molecule has 1 N–H and O–H groups in total. The van der Waals surface area contributed by atoms with E-state index in [2.05, 4.69) is 10.4 Å². The molecule has 0 aliphatic carbocycles. The summed E-state index contributed by atoms with van der Waals surface area (Å²) in [4.78, 5) is 24.1. The van der Waals surface area contributed by atoms with Crippen LogP contribution >= 0.6 is 0 Å². The monoisotopic (exact) mass is 375 g/mol. The fourth-order valence-corrected chi connectivity index (χ4v) is 2.24. The molecule has 0 saturated carbocycles. The van der Waals surface area contributed by atoms with Crippen LogP contribution in [0.15, 0.2) is 53.2 Å². The van der Waals surface area contributed by atoms with Crippen LogP contribution in [0.4, 0.5) is 14.5 Å². The van der Waals surface area contributed by atoms with Gasteiger partial charge in [0.05, 0.1) is 6.54 Å². The van der Waals surface area contributed by atoms with Crippen LogP contribution in [-0.2, 0) is 16.1 Å². The third-order valence-corrected chi connectivity index (χ3v) is 3.60. The number of amides is 1. The SMILES string of the molecule is CC(OC(=O)c1ccc(Cn2cccn2)o1)C(=O)Nc1c(F)cccc1F. The zero-order valence-corrected chi connectivity index (χ0v) is 14.2. The van der Waals surface area contributed by atoms with Crippen molar-refractivity contribution < 1.29 is 27.5 Å². The number of rotatable bonds is 6. The molecule has 27 heavy (non-hydrogen) atoms. The molecule has 0 spiro atoms. The highest BCUT2D eigenvalue weighted by atomic mass is 19.1. The second-order valence-corrected chi connectivity index (χ2v) is 5.60. The minimum atomic E-state index is -1.30. The Labute approximate surface area is 152 Å². The van der Waals surface area contributed by atoms with E-state index >= 15 is 0 Å². The Hall–Kier alpha value is -3.49. The number of hydrogen-bond donors (Lipinski definition) is 1. The number of para-hydroxylation sites is 1. The molecule has 0 bridgehead atoms. The average molecular weight is 375 g/mol. The summed E-state index contributed by atoms with van der Waals surface area (Å²) in [5.74, 6) is -3.26. The molecule has 1 aromatic carbocycles. The van der Waals surface area contributed by atoms with Crippen LogP contribution in [-0.4, -0.2) is 27.8 Å². The van der Waals surface area contributed by atoms with Gasteiger partial charge in [0.25, 0.3) is 5.91 Å². The highest BCUT2D eigenvalue weighted by molar-refractivity contribution is 5.96. The second-order valence-electron chi connectivity index (χ2n) is 5.60. The summed E-state index contributed by atoms with van der Waals surface area (Å²) < 4.78 is 39.1. The minimum absolute atomic E-state index is 0.103. The van der Waals surface area contributed by atoms with Crippen molar-refractivity contribution in [1.82, 2.24) is 9.78 Å². The molecule has 0 aliphatic heterocycles. The lowest BCUT2D eigenvalue weighted by Gasteiger charge is -2.13. The Morgan fingerprint density at radius 1 is 1.22 bits per heavy atom. The molecule has 140 valence electrons. The van der Waals surface area contributed by atoms with Crippen molar-refractivity contribution in [3.8, 4) is 0 Å². The van der Waals surface area contributed by atoms with Gasteiger partial charge in [-0.25, -0.2) is 13.6 Å². The summed E-state index contributed by atoms with van der Waals surface area (Å²) in [5.41, 5.74) is -0.607. The molecule has 0 fully saturated rings. The van der Waals surface area contributed by atoms with Gasteiger partial charge in [0, 0.05) is 12.4 Å². The fourth-order valence-electron chi connectivity index (χ4n) is 2.24. The molecule has 3 rings (SSSR count). The van der Waals surface area contributed by atoms with E-state index in [4.69, 9.17) is 9.15 Å². The summed E-state index contributed by atoms with van der Waals surface area (Å²) in [6.45, 7) is 1.60. The molecule has 1 atom stereocenters. The van der Waals surface area contributed by atoms with Crippen molar-refractivity contribution in [2.45, 2.75) is 19.6 Å². The number of halogens is 2. The van der Waals surface area contributed by atoms with Gasteiger partial charge in [0.2, 0.25) is 5.76 Å². The van der Waals surface area contributed by atoms with E-state index in [9.17, 15) is 18.4 Å². The smallest absolute Gasteiger partial charge is 0.375 e. The first-order valence-corrected chi connectivity index (χ1v) is 7.96. The molecule has 9 heteroatoms. The van der Waals surface area contributed by atoms with E-state index in [0.29, 0.717) is 12.3 Å². The van der Waals surface area contributed by atoms with Gasteiger partial charge in [-0.1, -0.05) is 6.07 Å². The predicted octanol–water partition coefficient (Wildman–Crippen LogP) is 2.99. The summed E-state index contributed by atoms with van der Waals surface area (Å²) in [7, 11) is 0. The zero-order valence-electron chi connectivity index (χ0n) is 14.2. The number of nitrogens with one attached hydrogen (secondary N) is 1. The van der Waals surface area contributed by atoms with Gasteiger partial charge in [-0.3, -0.25) is 9.48 Å². The standard InChI is InChI=1S/C18H15F2N3O4/c1-11(17(24)22-16-13(19)4-2-5-14(16)20)26-18(25)15-7-6-12(27-15)10-23-9-3-8-21-23/h2-9,11H,10H2,1H3,(H,22,24). The molecular weight excluding hydrogens is 360 g/mol. The Morgan fingerprint density at radius 3 is 2.63 bits per heavy atom. The number of anilines is 1. The van der Waals surface area contributed by atoms with Crippen LogP contribution in [0.5, 0.6) is 0 Å². The molecule has 0 aliphatic rings. The first kappa shape index (κ1) is 18.3. The quantitative estimate of drug-likeness (QED) is 0.670. The number of benzene rings is 1. The molecule has 0 radical (unpaired) electrons. The Balaban J connectivity index is 1.60. The van der Waals surface area contributed by atoms with Gasteiger partial charge in [0.1, 0.15) is 23.1 Å². The lowest BCUT2D eigenvalue weighted by atomic mass is 10.2. The number of carbonyl (C=O) groups is 2. The molecule has 7 nitrogen and oxygen atoms in total. The number of nitrogens with zero attached hydrogens (tertiary/aromatic N) is 2. The van der Waals surface area contributed by atoms with Gasteiger partial charge in [0.15, 0.2) is 6.10 Å². The van der Waals surface area contributed by atoms with E-state index in [-0.39, 0.29) is 5.76 Å². The van der Waals surface area contributed by atoms with E-state index < -0.39 is 35.3 Å². The summed E-state index contributed by atoms with van der Waals surface area (Å²) in [6.07, 6.45) is 2.04. The summed E-state index contributed by atoms with van der Waals surface area (Å²) in [6, 6.07) is 7.90. The van der Waals surface area contributed by atoms with E-state index in [1.54, 1.807) is 29.2 Å². The van der Waals surface area contributed by atoms with Gasteiger partial charge in [-0.15, -0.1) is 0 Å². The van der Waals surface area contributed by atoms with Gasteiger partial charge >= 0.3 is 5.97 Å². The number of aromatic nitrogens is 2. The number of hydrogen-bond acceptors (Lipinski definition) is 5. The van der Waals surface area contributed by atoms with Crippen LogP contribution in [0.25, 0.3) is 0 Å². The van der Waals surface area contributed by atoms with Crippen molar-refractivity contribution >= 4 is 17.6 Å². The average Bonchev–Trinajstić information content (AvgIpc) is 3.30. The Morgan fingerprint density at radius 2 is 1.96 bits per heavy atom. The zero-order chi connectivity index (χ0) is 19.4. The van der Waals surface area contributed by atoms with Crippen molar-refractivity contribution in [3.63, 3.8) is 0 Å². The number of carbonyl (C=O) groups excluding carboxylic acids is 2. The Kier molecular flexibility index (Phi) is 5.30. The summed E-state index contributed by atoms with van der Waals surface area (Å²) >= 11 is 0. The van der Waals surface area contributed by atoms with Crippen LogP contribution < -0.4 is 5.32 Å². The first-order chi connectivity index (χ1) is 12.9. The number of esters is 1. The van der Waals surface area contributed by atoms with E-state index in [1.165, 1.54) is 19.1 Å². The van der Waals surface area contributed by atoms with E-state index in [1.807, 2.05) is 0 Å². The molecule has 3 aromatic rings. The highest BCUT2D eigenvalue weighted by Crippen LogP contribution is 2.19. The van der Waals surface area contributed by atoms with Crippen LogP contribution in [0.3, 0.4) is 0 Å². The van der Waals surface area contributed by atoms with E-state index in [0.717, 1.165) is 12.1 Å². The normalized spacial score (nSPS) is 11.8. The molecule has 2 aromatic heterocycles. The number of ether oxygens (including phenoxy) is 1. The van der Waals surface area contributed by atoms with Crippen LogP contribution in [0.2, 0.25) is 0 Å². The van der Waals surface area contributed by atoms with Crippen LogP contribution in [0.1, 0.15) is 23.2 Å². The maximum Gasteiger partial charge on any atom is 0.375 e. The van der Waals surface area contributed by atoms with Gasteiger partial charge in [-0.2, -0.15) is 5.10 Å². The topological polar surface area (TPSA) is 86.4 Å². The fraction of sp³-hybridized carbons (Fsp3) is 0.167. The molecule has 0 saturated heterocycles. The Bertz CT molecular complexity index is 933. The molecular formula is C18H15F2N3O4. The van der Waals surface area contributed by atoms with Crippen molar-refractivity contribution in [3.05, 3.63) is 71.9 Å². The van der Waals surface area contributed by atoms with Gasteiger partial charge < -0.3 is 14.5 Å². The largest absolute Gasteiger partial charge is 0.452 e. The lowest BCUT2D eigenvalue weighted by molar-refractivity contribution is -0.123. The van der Waals surface area contributed by atoms with Crippen molar-refractivity contribution in [2.75, 3.05) is 5.32 Å². The molecule has 1 unspecified atom stereocenters. The summed E-state index contributed by atoms with van der Waals surface area (Å²) in [5, 5.41) is 6.08. The van der Waals surface area contributed by atoms with Crippen molar-refractivity contribution in [2.24, 2.45) is 0 Å². The lowest BCUT2D eigenvalue weighted by Crippen LogP contribution is -2.30. The minimum Gasteiger partial charge on any atom is -0.452 e. The maximum atomic E-state index is 13.6. The maximum absolute atomic E-state index is 13.6. The molecule has 2 heterocycles. The third kappa shape index (κ3) is 4.38. The first-order valence-electron chi connectivity index (χ1n) is 7.96. The second kappa shape index (κ2) is 7.81. The van der Waals surface area contributed by atoms with Gasteiger partial charge in [-0.05, 0) is 37.3 Å². The van der Waals surface area contributed by atoms with Crippen molar-refractivity contribution in [1.29, 1.82) is 0 Å². The highest BCUT2D eigenvalue weighted by Gasteiger charge is 2.23. The third-order valence-electron chi connectivity index (χ3n) is 3.60.